The van der Waals surface area contributed by atoms with E-state index in [0.29, 0.717) is 30.5 Å². The summed E-state index contributed by atoms with van der Waals surface area (Å²) in [6, 6.07) is 3.43. The van der Waals surface area contributed by atoms with E-state index in [2.05, 4.69) is 0 Å². The average molecular weight is 739 g/mol. The smallest absolute Gasteiger partial charge is 0.490 e. The third kappa shape index (κ3) is 9.68. The van der Waals surface area contributed by atoms with Crippen molar-refractivity contribution in [1.29, 1.82) is 0 Å². The van der Waals surface area contributed by atoms with Crippen molar-refractivity contribution in [1.82, 2.24) is 9.62 Å². The minimum Gasteiger partial charge on any atom is -0.490 e. The normalized spacial score (nSPS) is 18.5. The summed E-state index contributed by atoms with van der Waals surface area (Å²) in [7, 11) is -3.88. The molecule has 0 aromatic heterocycles. The zero-order valence-corrected chi connectivity index (χ0v) is 26.2. The summed E-state index contributed by atoms with van der Waals surface area (Å²) in [4.78, 5) is 23.0. The van der Waals surface area contributed by atoms with Gasteiger partial charge >= 0.3 is 18.3 Å². The number of benzene rings is 2. The van der Waals surface area contributed by atoms with Gasteiger partial charge in [-0.25, -0.2) is 31.1 Å². The van der Waals surface area contributed by atoms with Gasteiger partial charge in [-0.15, -0.1) is 0 Å². The lowest BCUT2D eigenvalue weighted by atomic mass is 9.93. The molecular weight excluding hydrogens is 711 g/mol. The predicted molar refractivity (Wildman–Crippen MR) is 152 cm³/mol. The van der Waals surface area contributed by atoms with Crippen LogP contribution in [0.1, 0.15) is 71.5 Å². The lowest BCUT2D eigenvalue weighted by molar-refractivity contribution is -0.192. The van der Waals surface area contributed by atoms with Crippen molar-refractivity contribution >= 4 is 33.5 Å². The van der Waals surface area contributed by atoms with Crippen molar-refractivity contribution in [2.75, 3.05) is 19.7 Å². The number of halogens is 10. The Balaban J connectivity index is 0.000000671. The number of hydrogen-bond donors (Lipinski definition) is 2. The Morgan fingerprint density at radius 3 is 2.08 bits per heavy atom. The Labute approximate surface area is 273 Å². The molecule has 266 valence electrons. The lowest BCUT2D eigenvalue weighted by Crippen LogP contribution is -2.44. The first-order valence-electron chi connectivity index (χ1n) is 14.4. The van der Waals surface area contributed by atoms with E-state index in [4.69, 9.17) is 26.2 Å². The molecule has 3 aliphatic rings. The third-order valence-electron chi connectivity index (χ3n) is 7.87. The summed E-state index contributed by atoms with van der Waals surface area (Å²) in [6.45, 7) is -0.425. The maximum Gasteiger partial charge on any atom is 0.490 e. The fourth-order valence-corrected chi connectivity index (χ4v) is 6.39. The Bertz CT molecular complexity index is 1650. The molecule has 1 saturated heterocycles. The highest BCUT2D eigenvalue weighted by molar-refractivity contribution is 7.91. The Morgan fingerprint density at radius 2 is 1.58 bits per heavy atom. The summed E-state index contributed by atoms with van der Waals surface area (Å²) in [5.41, 5.74) is -3.11. The van der Waals surface area contributed by atoms with Gasteiger partial charge in [0.25, 0.3) is 5.91 Å². The zero-order valence-electron chi connectivity index (χ0n) is 24.7. The zero-order chi connectivity index (χ0) is 35.8. The molecule has 0 bridgehead atoms. The number of sulfonamides is 1. The molecule has 0 unspecified atom stereocenters. The number of aliphatic carboxylic acids is 1. The molecule has 1 heterocycles. The molecule has 0 atom stereocenters. The lowest BCUT2D eigenvalue weighted by Gasteiger charge is -2.36. The van der Waals surface area contributed by atoms with Crippen LogP contribution in [0.3, 0.4) is 0 Å². The molecule has 1 amide bonds. The first kappa shape index (κ1) is 37.6. The largest absolute Gasteiger partial charge is 0.490 e. The molecule has 2 aromatic carbocycles. The van der Waals surface area contributed by atoms with Gasteiger partial charge in [-0.2, -0.15) is 26.3 Å². The van der Waals surface area contributed by atoms with Crippen LogP contribution >= 0.6 is 11.6 Å². The molecule has 0 radical (unpaired) electrons. The SMILES string of the molecule is O=C(NS(=O)(=O)C1CC1)c1cc(C2CC2)c(OCC2(F)CCN(Cc3cc(C(F)(F)F)cc(Cl)c3F)CC2)cc1F.O=C(O)C(F)(F)F. The van der Waals surface area contributed by atoms with Crippen LogP contribution in [-0.2, 0) is 27.5 Å². The number of likely N-dealkylation sites (tertiary alicyclic amines) is 1. The monoisotopic (exact) mass is 738 g/mol. The number of carboxylic acids is 1. The van der Waals surface area contributed by atoms with E-state index in [9.17, 15) is 48.3 Å². The van der Waals surface area contributed by atoms with E-state index >= 15 is 4.39 Å². The molecule has 8 nitrogen and oxygen atoms in total. The maximum absolute atomic E-state index is 15.6. The average Bonchev–Trinajstić information content (AvgIpc) is 3.88. The highest BCUT2D eigenvalue weighted by Gasteiger charge is 2.40. The second-order valence-corrected chi connectivity index (χ2v) is 14.1. The molecular formula is C29H28ClF9N2O6S. The second-order valence-electron chi connectivity index (χ2n) is 11.8. The fraction of sp³-hybridized carbons (Fsp3) is 0.517. The molecule has 2 N–H and O–H groups in total. The summed E-state index contributed by atoms with van der Waals surface area (Å²) in [6.07, 6.45) is -7.56. The van der Waals surface area contributed by atoms with E-state index in [1.54, 1.807) is 4.90 Å². The number of alkyl halides is 7. The van der Waals surface area contributed by atoms with Crippen LogP contribution in [0.2, 0.25) is 5.02 Å². The summed E-state index contributed by atoms with van der Waals surface area (Å²) >= 11 is 5.66. The molecule has 3 fully saturated rings. The first-order chi connectivity index (χ1) is 22.1. The van der Waals surface area contributed by atoms with Crippen molar-refractivity contribution in [2.24, 2.45) is 0 Å². The Morgan fingerprint density at radius 1 is 1.00 bits per heavy atom. The van der Waals surface area contributed by atoms with E-state index in [1.165, 1.54) is 6.07 Å². The van der Waals surface area contributed by atoms with Crippen LogP contribution < -0.4 is 9.46 Å². The van der Waals surface area contributed by atoms with Crippen molar-refractivity contribution in [3.63, 3.8) is 0 Å². The second kappa shape index (κ2) is 13.9. The minimum absolute atomic E-state index is 0.0382. The molecule has 48 heavy (non-hydrogen) atoms. The van der Waals surface area contributed by atoms with E-state index < -0.39 is 79.6 Å². The van der Waals surface area contributed by atoms with Gasteiger partial charge in [0.05, 0.1) is 21.4 Å². The van der Waals surface area contributed by atoms with Crippen LogP contribution in [0.25, 0.3) is 0 Å². The Hall–Kier alpha value is -3.25. The number of hydrogen-bond acceptors (Lipinski definition) is 6. The van der Waals surface area contributed by atoms with Gasteiger partial charge in [0.15, 0.2) is 0 Å². The molecule has 2 saturated carbocycles. The first-order valence-corrected chi connectivity index (χ1v) is 16.3. The topological polar surface area (TPSA) is 113 Å². The fourth-order valence-electron chi connectivity index (χ4n) is 4.86. The maximum atomic E-state index is 15.6. The van der Waals surface area contributed by atoms with Crippen LogP contribution in [0.15, 0.2) is 24.3 Å². The molecule has 0 spiro atoms. The number of nitrogens with zero attached hydrogens (tertiary/aromatic N) is 1. The predicted octanol–water partition coefficient (Wildman–Crippen LogP) is 6.75. The number of nitrogens with one attached hydrogen (secondary N) is 1. The van der Waals surface area contributed by atoms with Crippen molar-refractivity contribution in [3.8, 4) is 5.75 Å². The number of ether oxygens (including phenoxy) is 1. The van der Waals surface area contributed by atoms with E-state index in [0.717, 1.165) is 18.9 Å². The molecule has 1 aliphatic heterocycles. The highest BCUT2D eigenvalue weighted by Crippen LogP contribution is 2.46. The molecule has 5 rings (SSSR count). The standard InChI is InChI=1S/C27H27ClF6N2O4S.C2HF3O2/c28-21-10-17(27(32,33)34)9-16(24(21)30)13-36-7-5-26(31,6-8-36)14-40-23-12-22(29)20(11-19(23)15-1-2-15)25(37)35-41(38,39)18-3-4-18;3-2(4,5)1(6)7/h9-12,15,18H,1-8,13-14H2,(H,35,37);(H,6,7). The van der Waals surface area contributed by atoms with Gasteiger partial charge in [-0.1, -0.05) is 11.6 Å². The van der Waals surface area contributed by atoms with Gasteiger partial charge in [0.1, 0.15) is 29.7 Å². The third-order valence-corrected chi connectivity index (χ3v) is 9.96. The minimum atomic E-state index is -5.08. The van der Waals surface area contributed by atoms with Crippen LogP contribution in [0.4, 0.5) is 39.5 Å². The van der Waals surface area contributed by atoms with Gasteiger partial charge < -0.3 is 9.84 Å². The van der Waals surface area contributed by atoms with Crippen LogP contribution in [0.5, 0.6) is 5.75 Å². The Kier molecular flexibility index (Phi) is 10.9. The molecule has 2 aliphatic carbocycles. The van der Waals surface area contributed by atoms with Gasteiger partial charge in [-0.05, 0) is 68.2 Å². The number of carboxylic acid groups (broad SMARTS) is 1. The summed E-state index contributed by atoms with van der Waals surface area (Å²) in [5.74, 6) is -5.77. The quantitative estimate of drug-likeness (QED) is 0.274. The molecule has 19 heteroatoms. The molecule has 2 aromatic rings. The van der Waals surface area contributed by atoms with Crippen molar-refractivity contribution in [2.45, 2.75) is 74.3 Å². The number of rotatable bonds is 9. The number of piperidine rings is 1. The van der Waals surface area contributed by atoms with Crippen LogP contribution in [0, 0.1) is 11.6 Å². The summed E-state index contributed by atoms with van der Waals surface area (Å²) < 4.78 is 148. The summed E-state index contributed by atoms with van der Waals surface area (Å²) in [5, 5.41) is 5.82. The van der Waals surface area contributed by atoms with Gasteiger partial charge in [0, 0.05) is 31.3 Å². The van der Waals surface area contributed by atoms with E-state index in [1.807, 2.05) is 4.72 Å². The number of carbonyl (C=O) groups excluding carboxylic acids is 1. The number of carbonyl (C=O) groups is 2. The van der Waals surface area contributed by atoms with Gasteiger partial charge in [0.2, 0.25) is 10.0 Å². The number of amides is 1. The van der Waals surface area contributed by atoms with Gasteiger partial charge in [-0.3, -0.25) is 9.69 Å². The van der Waals surface area contributed by atoms with Crippen molar-refractivity contribution in [3.05, 3.63) is 63.2 Å². The highest BCUT2D eigenvalue weighted by atomic mass is 35.5. The van der Waals surface area contributed by atoms with Crippen LogP contribution in [-0.4, -0.2) is 67.1 Å². The van der Waals surface area contributed by atoms with E-state index in [-0.39, 0.29) is 49.7 Å². The van der Waals surface area contributed by atoms with Crippen molar-refractivity contribution < 1.29 is 67.4 Å².